The monoisotopic (exact) mass is 252 g/mol. The van der Waals surface area contributed by atoms with E-state index in [0.29, 0.717) is 31.7 Å². The maximum Gasteiger partial charge on any atom is 0.354 e. The summed E-state index contributed by atoms with van der Waals surface area (Å²) in [5.41, 5.74) is 0.536. The highest BCUT2D eigenvalue weighted by Gasteiger charge is 2.11. The molecule has 0 aliphatic carbocycles. The Morgan fingerprint density at radius 2 is 2.11 bits per heavy atom. The van der Waals surface area contributed by atoms with E-state index in [1.807, 2.05) is 10.8 Å². The number of nitrogens with zero attached hydrogens (tertiary/aromatic N) is 2. The molecular weight excluding hydrogens is 232 g/mol. The molecule has 0 saturated carbocycles. The van der Waals surface area contributed by atoms with Gasteiger partial charge in [0.05, 0.1) is 6.61 Å². The lowest BCUT2D eigenvalue weighted by molar-refractivity contribution is -0.128. The van der Waals surface area contributed by atoms with E-state index in [9.17, 15) is 9.59 Å². The number of amides is 1. The number of hydrogen-bond donors (Lipinski definition) is 0. The van der Waals surface area contributed by atoms with Crippen LogP contribution in [0.5, 0.6) is 0 Å². The second-order valence-electron chi connectivity index (χ2n) is 4.20. The summed E-state index contributed by atoms with van der Waals surface area (Å²) in [5.74, 6) is -0.221. The van der Waals surface area contributed by atoms with Gasteiger partial charge in [-0.25, -0.2) is 4.79 Å². The summed E-state index contributed by atoms with van der Waals surface area (Å²) in [6.45, 7) is 2.78. The average molecular weight is 252 g/mol. The SMILES string of the molecule is CCOC(=O)c1cccn1CCCC(=O)N(C)C. The second-order valence-corrected chi connectivity index (χ2v) is 4.20. The van der Waals surface area contributed by atoms with E-state index in [1.165, 1.54) is 0 Å². The summed E-state index contributed by atoms with van der Waals surface area (Å²) in [6.07, 6.45) is 3.01. The summed E-state index contributed by atoms with van der Waals surface area (Å²) in [6, 6.07) is 3.53. The van der Waals surface area contributed by atoms with Crippen LogP contribution in [0.2, 0.25) is 0 Å². The van der Waals surface area contributed by atoms with E-state index in [4.69, 9.17) is 4.74 Å². The fourth-order valence-electron chi connectivity index (χ4n) is 1.62. The molecule has 0 bridgehead atoms. The molecule has 0 radical (unpaired) electrons. The molecule has 0 saturated heterocycles. The third-order valence-electron chi connectivity index (χ3n) is 2.60. The zero-order valence-electron chi connectivity index (χ0n) is 11.2. The van der Waals surface area contributed by atoms with Crippen LogP contribution in [-0.4, -0.2) is 42.0 Å². The van der Waals surface area contributed by atoms with Crippen molar-refractivity contribution in [2.24, 2.45) is 0 Å². The molecule has 1 aromatic heterocycles. The van der Waals surface area contributed by atoms with Gasteiger partial charge < -0.3 is 14.2 Å². The number of esters is 1. The van der Waals surface area contributed by atoms with Crippen LogP contribution in [0.3, 0.4) is 0 Å². The summed E-state index contributed by atoms with van der Waals surface area (Å²) in [5, 5.41) is 0. The Bertz CT molecular complexity index is 410. The van der Waals surface area contributed by atoms with Gasteiger partial charge in [0.25, 0.3) is 0 Å². The zero-order chi connectivity index (χ0) is 13.5. The summed E-state index contributed by atoms with van der Waals surface area (Å²) in [4.78, 5) is 24.6. The van der Waals surface area contributed by atoms with Gasteiger partial charge in [-0.1, -0.05) is 0 Å². The lowest BCUT2D eigenvalue weighted by Crippen LogP contribution is -2.21. The number of carbonyl (C=O) groups is 2. The van der Waals surface area contributed by atoms with Crippen molar-refractivity contribution < 1.29 is 14.3 Å². The van der Waals surface area contributed by atoms with Gasteiger partial charge in [0.15, 0.2) is 0 Å². The first kappa shape index (κ1) is 14.3. The smallest absolute Gasteiger partial charge is 0.354 e. The molecule has 0 unspecified atom stereocenters. The van der Waals surface area contributed by atoms with Crippen LogP contribution in [0.1, 0.15) is 30.3 Å². The van der Waals surface area contributed by atoms with Crippen LogP contribution in [0.25, 0.3) is 0 Å². The van der Waals surface area contributed by atoms with Gasteiger partial charge in [0, 0.05) is 33.3 Å². The van der Waals surface area contributed by atoms with Gasteiger partial charge in [-0.15, -0.1) is 0 Å². The van der Waals surface area contributed by atoms with Gasteiger partial charge in [-0.3, -0.25) is 4.79 Å². The molecule has 5 nitrogen and oxygen atoms in total. The molecule has 1 rings (SSSR count). The van der Waals surface area contributed by atoms with Crippen molar-refractivity contribution in [1.29, 1.82) is 0 Å². The third kappa shape index (κ3) is 3.91. The molecule has 100 valence electrons. The minimum absolute atomic E-state index is 0.0971. The van der Waals surface area contributed by atoms with Crippen LogP contribution in [0.4, 0.5) is 0 Å². The molecule has 0 aliphatic heterocycles. The van der Waals surface area contributed by atoms with Gasteiger partial charge in [0.2, 0.25) is 5.91 Å². The highest BCUT2D eigenvalue weighted by atomic mass is 16.5. The molecule has 0 N–H and O–H groups in total. The van der Waals surface area contributed by atoms with Crippen LogP contribution >= 0.6 is 0 Å². The summed E-state index contributed by atoms with van der Waals surface area (Å²) < 4.78 is 6.78. The predicted octanol–water partition coefficient (Wildman–Crippen LogP) is 1.53. The lowest BCUT2D eigenvalue weighted by atomic mass is 10.3. The summed E-state index contributed by atoms with van der Waals surface area (Å²) in [7, 11) is 3.48. The lowest BCUT2D eigenvalue weighted by Gasteiger charge is -2.11. The highest BCUT2D eigenvalue weighted by Crippen LogP contribution is 2.07. The average Bonchev–Trinajstić information content (AvgIpc) is 2.77. The van der Waals surface area contributed by atoms with Crippen LogP contribution < -0.4 is 0 Å². The molecule has 1 heterocycles. The van der Waals surface area contributed by atoms with Gasteiger partial charge in [0.1, 0.15) is 5.69 Å². The Hall–Kier alpha value is -1.78. The number of rotatable bonds is 6. The fourth-order valence-corrected chi connectivity index (χ4v) is 1.62. The quantitative estimate of drug-likeness (QED) is 0.721. The zero-order valence-corrected chi connectivity index (χ0v) is 11.2. The highest BCUT2D eigenvalue weighted by molar-refractivity contribution is 5.87. The third-order valence-corrected chi connectivity index (χ3v) is 2.60. The number of ether oxygens (including phenoxy) is 1. The number of aryl methyl sites for hydroxylation is 1. The van der Waals surface area contributed by atoms with E-state index in [0.717, 1.165) is 0 Å². The molecule has 0 fully saturated rings. The number of carbonyl (C=O) groups excluding carboxylic acids is 2. The molecule has 0 aromatic carbocycles. The van der Waals surface area contributed by atoms with Crippen LogP contribution in [0, 0.1) is 0 Å². The Balaban J connectivity index is 2.50. The minimum Gasteiger partial charge on any atom is -0.461 e. The van der Waals surface area contributed by atoms with E-state index in [2.05, 4.69) is 0 Å². The Labute approximate surface area is 107 Å². The summed E-state index contributed by atoms with van der Waals surface area (Å²) >= 11 is 0. The first-order valence-corrected chi connectivity index (χ1v) is 6.08. The molecule has 0 aliphatic rings. The van der Waals surface area contributed by atoms with Crippen LogP contribution in [0.15, 0.2) is 18.3 Å². The minimum atomic E-state index is -0.318. The maximum absolute atomic E-state index is 11.6. The topological polar surface area (TPSA) is 51.5 Å². The first-order valence-electron chi connectivity index (χ1n) is 6.08. The van der Waals surface area contributed by atoms with Gasteiger partial charge in [-0.2, -0.15) is 0 Å². The predicted molar refractivity (Wildman–Crippen MR) is 68.3 cm³/mol. The molecular formula is C13H20N2O3. The first-order chi connectivity index (χ1) is 8.56. The van der Waals surface area contributed by atoms with Crippen molar-refractivity contribution >= 4 is 11.9 Å². The van der Waals surface area contributed by atoms with Crippen molar-refractivity contribution in [2.75, 3.05) is 20.7 Å². The Morgan fingerprint density at radius 3 is 2.72 bits per heavy atom. The van der Waals surface area contributed by atoms with Crippen molar-refractivity contribution in [3.8, 4) is 0 Å². The van der Waals surface area contributed by atoms with Crippen molar-refractivity contribution in [3.05, 3.63) is 24.0 Å². The van der Waals surface area contributed by atoms with Crippen molar-refractivity contribution in [1.82, 2.24) is 9.47 Å². The van der Waals surface area contributed by atoms with Gasteiger partial charge >= 0.3 is 5.97 Å². The number of hydrogen-bond acceptors (Lipinski definition) is 3. The molecule has 5 heteroatoms. The molecule has 0 spiro atoms. The van der Waals surface area contributed by atoms with Crippen molar-refractivity contribution in [2.45, 2.75) is 26.3 Å². The molecule has 1 amide bonds. The molecule has 18 heavy (non-hydrogen) atoms. The second kappa shape index (κ2) is 6.83. The Kier molecular flexibility index (Phi) is 5.42. The van der Waals surface area contributed by atoms with E-state index < -0.39 is 0 Å². The molecule has 1 aromatic rings. The van der Waals surface area contributed by atoms with E-state index in [1.54, 1.807) is 38.1 Å². The molecule has 0 atom stereocenters. The number of aromatic nitrogens is 1. The Morgan fingerprint density at radius 1 is 1.39 bits per heavy atom. The van der Waals surface area contributed by atoms with E-state index in [-0.39, 0.29) is 11.9 Å². The van der Waals surface area contributed by atoms with Gasteiger partial charge in [-0.05, 0) is 25.5 Å². The fraction of sp³-hybridized carbons (Fsp3) is 0.538. The normalized spacial score (nSPS) is 10.2. The maximum atomic E-state index is 11.6. The van der Waals surface area contributed by atoms with Crippen molar-refractivity contribution in [3.63, 3.8) is 0 Å². The largest absolute Gasteiger partial charge is 0.461 e. The van der Waals surface area contributed by atoms with Crippen LogP contribution in [-0.2, 0) is 16.1 Å². The standard InChI is InChI=1S/C13H20N2O3/c1-4-18-13(17)11-7-5-9-15(11)10-6-8-12(16)14(2)3/h5,7,9H,4,6,8,10H2,1-3H3. The van der Waals surface area contributed by atoms with E-state index >= 15 is 0 Å².